The lowest BCUT2D eigenvalue weighted by Gasteiger charge is -2.30. The summed E-state index contributed by atoms with van der Waals surface area (Å²) in [4.78, 5) is 2.34. The van der Waals surface area contributed by atoms with Crippen molar-refractivity contribution in [3.63, 3.8) is 0 Å². The summed E-state index contributed by atoms with van der Waals surface area (Å²) in [5.74, 6) is 0. The van der Waals surface area contributed by atoms with Crippen molar-refractivity contribution in [2.24, 2.45) is 0 Å². The molecule has 0 spiro atoms. The Kier molecular flexibility index (Phi) is 4.82. The van der Waals surface area contributed by atoms with Crippen molar-refractivity contribution in [3.05, 3.63) is 30.3 Å². The second-order valence-corrected chi connectivity index (χ2v) is 6.90. The minimum atomic E-state index is -3.23. The van der Waals surface area contributed by atoms with Gasteiger partial charge in [-0.05, 0) is 44.1 Å². The third-order valence-corrected chi connectivity index (χ3v) is 4.65. The fraction of sp³-hybridized carbons (Fsp3) is 0.571. The van der Waals surface area contributed by atoms with Gasteiger partial charge in [0.05, 0.1) is 11.9 Å². The van der Waals surface area contributed by atoms with Crippen LogP contribution >= 0.6 is 0 Å². The van der Waals surface area contributed by atoms with Crippen molar-refractivity contribution >= 4 is 15.7 Å². The molecule has 0 aromatic heterocycles. The molecule has 19 heavy (non-hydrogen) atoms. The number of sulfonamides is 1. The van der Waals surface area contributed by atoms with Crippen LogP contribution in [0.5, 0.6) is 0 Å². The van der Waals surface area contributed by atoms with Gasteiger partial charge in [0, 0.05) is 13.1 Å². The molecule has 4 nitrogen and oxygen atoms in total. The smallest absolute Gasteiger partial charge is 0.232 e. The SMILES string of the molecule is CS(=O)(=O)N(CCN1CCCCC1)c1cc[c]cc1. The van der Waals surface area contributed by atoms with Gasteiger partial charge in [0.1, 0.15) is 0 Å². The first-order chi connectivity index (χ1) is 9.07. The van der Waals surface area contributed by atoms with Gasteiger partial charge in [-0.2, -0.15) is 0 Å². The molecule has 1 saturated heterocycles. The molecule has 1 aromatic rings. The zero-order chi connectivity index (χ0) is 13.7. The summed E-state index contributed by atoms with van der Waals surface area (Å²) in [6.07, 6.45) is 5.00. The fourth-order valence-electron chi connectivity index (χ4n) is 2.45. The molecular weight excluding hydrogens is 260 g/mol. The van der Waals surface area contributed by atoms with Crippen molar-refractivity contribution in [1.29, 1.82) is 0 Å². The zero-order valence-electron chi connectivity index (χ0n) is 11.4. The first-order valence-electron chi connectivity index (χ1n) is 6.73. The molecule has 1 fully saturated rings. The summed E-state index contributed by atoms with van der Waals surface area (Å²) in [6.45, 7) is 3.48. The number of likely N-dealkylation sites (tertiary alicyclic amines) is 1. The van der Waals surface area contributed by atoms with Gasteiger partial charge in [-0.3, -0.25) is 4.31 Å². The predicted octanol–water partition coefficient (Wildman–Crippen LogP) is 1.74. The van der Waals surface area contributed by atoms with Crippen LogP contribution in [-0.4, -0.2) is 45.8 Å². The van der Waals surface area contributed by atoms with Crippen molar-refractivity contribution in [2.45, 2.75) is 19.3 Å². The van der Waals surface area contributed by atoms with Gasteiger partial charge in [-0.15, -0.1) is 0 Å². The molecule has 1 aliphatic rings. The Morgan fingerprint density at radius 3 is 2.42 bits per heavy atom. The van der Waals surface area contributed by atoms with Gasteiger partial charge >= 0.3 is 0 Å². The Morgan fingerprint density at radius 2 is 1.84 bits per heavy atom. The van der Waals surface area contributed by atoms with E-state index in [2.05, 4.69) is 11.0 Å². The van der Waals surface area contributed by atoms with Gasteiger partial charge in [0.2, 0.25) is 10.0 Å². The number of anilines is 1. The highest BCUT2D eigenvalue weighted by atomic mass is 32.2. The minimum absolute atomic E-state index is 0.517. The van der Waals surface area contributed by atoms with E-state index in [0.29, 0.717) is 6.54 Å². The summed E-state index contributed by atoms with van der Waals surface area (Å²) >= 11 is 0. The maximum absolute atomic E-state index is 11.9. The molecule has 0 atom stereocenters. The fourth-order valence-corrected chi connectivity index (χ4v) is 3.36. The van der Waals surface area contributed by atoms with E-state index >= 15 is 0 Å². The van der Waals surface area contributed by atoms with E-state index in [-0.39, 0.29) is 0 Å². The summed E-state index contributed by atoms with van der Waals surface area (Å²) < 4.78 is 25.3. The molecular formula is C14H21N2O2S. The highest BCUT2D eigenvalue weighted by Crippen LogP contribution is 2.17. The van der Waals surface area contributed by atoms with Gasteiger partial charge in [-0.1, -0.05) is 18.6 Å². The van der Waals surface area contributed by atoms with Gasteiger partial charge < -0.3 is 4.90 Å². The van der Waals surface area contributed by atoms with Gasteiger partial charge in [0.15, 0.2) is 0 Å². The van der Waals surface area contributed by atoms with Crippen molar-refractivity contribution < 1.29 is 8.42 Å². The van der Waals surface area contributed by atoms with E-state index in [1.165, 1.54) is 29.8 Å². The second-order valence-electron chi connectivity index (χ2n) is 5.00. The lowest BCUT2D eigenvalue weighted by Crippen LogP contribution is -2.40. The maximum Gasteiger partial charge on any atom is 0.232 e. The predicted molar refractivity (Wildman–Crippen MR) is 77.8 cm³/mol. The molecule has 105 valence electrons. The topological polar surface area (TPSA) is 40.6 Å². The minimum Gasteiger partial charge on any atom is -0.302 e. The first-order valence-corrected chi connectivity index (χ1v) is 8.58. The summed E-state index contributed by atoms with van der Waals surface area (Å²) in [7, 11) is -3.23. The maximum atomic E-state index is 11.9. The van der Waals surface area contributed by atoms with Crippen molar-refractivity contribution in [3.8, 4) is 0 Å². The third-order valence-electron chi connectivity index (χ3n) is 3.46. The van der Waals surface area contributed by atoms with Gasteiger partial charge in [-0.25, -0.2) is 8.42 Å². The number of nitrogens with zero attached hydrogens (tertiary/aromatic N) is 2. The number of piperidine rings is 1. The molecule has 1 radical (unpaired) electrons. The quantitative estimate of drug-likeness (QED) is 0.825. The van der Waals surface area contributed by atoms with E-state index in [4.69, 9.17) is 0 Å². The van der Waals surface area contributed by atoms with Crippen LogP contribution in [0.15, 0.2) is 24.3 Å². The number of rotatable bonds is 5. The normalized spacial score (nSPS) is 17.3. The summed E-state index contributed by atoms with van der Waals surface area (Å²) in [6, 6.07) is 9.98. The molecule has 0 aliphatic carbocycles. The number of benzene rings is 1. The van der Waals surface area contributed by atoms with Crippen LogP contribution in [-0.2, 0) is 10.0 Å². The summed E-state index contributed by atoms with van der Waals surface area (Å²) in [5, 5.41) is 0. The number of hydrogen-bond acceptors (Lipinski definition) is 3. The Hall–Kier alpha value is -1.07. The third kappa shape index (κ3) is 4.21. The van der Waals surface area contributed by atoms with E-state index in [1.54, 1.807) is 24.3 Å². The van der Waals surface area contributed by atoms with Crippen LogP contribution in [0, 0.1) is 6.07 Å². The van der Waals surface area contributed by atoms with Crippen molar-refractivity contribution in [2.75, 3.05) is 36.7 Å². The molecule has 0 N–H and O–H groups in total. The van der Waals surface area contributed by atoms with E-state index in [0.717, 1.165) is 25.3 Å². The lowest BCUT2D eigenvalue weighted by atomic mass is 10.1. The van der Waals surface area contributed by atoms with Crippen LogP contribution in [0.2, 0.25) is 0 Å². The van der Waals surface area contributed by atoms with Crippen LogP contribution in [0.25, 0.3) is 0 Å². The molecule has 0 amide bonds. The largest absolute Gasteiger partial charge is 0.302 e. The Balaban J connectivity index is 2.03. The van der Waals surface area contributed by atoms with Crippen LogP contribution in [0.3, 0.4) is 0 Å². The highest BCUT2D eigenvalue weighted by molar-refractivity contribution is 7.92. The molecule has 0 bridgehead atoms. The monoisotopic (exact) mass is 281 g/mol. The Bertz CT molecular complexity index is 481. The molecule has 1 heterocycles. The van der Waals surface area contributed by atoms with E-state index in [9.17, 15) is 8.42 Å². The Labute approximate surface area is 116 Å². The molecule has 1 aliphatic heterocycles. The van der Waals surface area contributed by atoms with Crippen LogP contribution in [0.1, 0.15) is 19.3 Å². The Morgan fingerprint density at radius 1 is 1.21 bits per heavy atom. The molecule has 0 unspecified atom stereocenters. The van der Waals surface area contributed by atoms with Crippen LogP contribution in [0.4, 0.5) is 5.69 Å². The average Bonchev–Trinajstić information content (AvgIpc) is 2.40. The highest BCUT2D eigenvalue weighted by Gasteiger charge is 2.19. The average molecular weight is 281 g/mol. The molecule has 5 heteroatoms. The van der Waals surface area contributed by atoms with E-state index < -0.39 is 10.0 Å². The second kappa shape index (κ2) is 6.39. The summed E-state index contributed by atoms with van der Waals surface area (Å²) in [5.41, 5.74) is 0.721. The molecule has 0 saturated carbocycles. The van der Waals surface area contributed by atoms with Crippen LogP contribution < -0.4 is 4.31 Å². The van der Waals surface area contributed by atoms with Gasteiger partial charge in [0.25, 0.3) is 0 Å². The molecule has 1 aromatic carbocycles. The van der Waals surface area contributed by atoms with Crippen molar-refractivity contribution in [1.82, 2.24) is 4.90 Å². The number of hydrogen-bond donors (Lipinski definition) is 0. The van der Waals surface area contributed by atoms with E-state index in [1.807, 2.05) is 0 Å². The zero-order valence-corrected chi connectivity index (χ0v) is 12.2. The standard InChI is InChI=1S/C14H21N2O2S/c1-19(17,18)16(14-8-4-2-5-9-14)13-12-15-10-6-3-7-11-15/h4-5,8-9H,3,6-7,10-13H2,1H3. The first kappa shape index (κ1) is 14.3. The molecule has 2 rings (SSSR count). The lowest BCUT2D eigenvalue weighted by molar-refractivity contribution is 0.235.